The van der Waals surface area contributed by atoms with Gasteiger partial charge in [-0.15, -0.1) is 11.3 Å². The first kappa shape index (κ1) is 11.4. The number of rotatable bonds is 2. The van der Waals surface area contributed by atoms with E-state index in [1.165, 1.54) is 11.3 Å². The minimum absolute atomic E-state index is 0.315. The molecule has 0 unspecified atom stereocenters. The third-order valence-corrected chi connectivity index (χ3v) is 3.73. The van der Waals surface area contributed by atoms with E-state index in [1.807, 2.05) is 17.5 Å². The quantitative estimate of drug-likeness (QED) is 0.729. The van der Waals surface area contributed by atoms with Crippen LogP contribution in [0.4, 0.5) is 4.39 Å². The van der Waals surface area contributed by atoms with Crippen molar-refractivity contribution in [1.82, 2.24) is 10.2 Å². The monoisotopic (exact) mass is 278 g/mol. The third kappa shape index (κ3) is 1.94. The summed E-state index contributed by atoms with van der Waals surface area (Å²) in [5.41, 5.74) is 1.45. The summed E-state index contributed by atoms with van der Waals surface area (Å²) in [6, 6.07) is 10.7. The number of H-pyrrole nitrogens is 1. The van der Waals surface area contributed by atoms with Gasteiger partial charge in [-0.1, -0.05) is 29.8 Å². The minimum Gasteiger partial charge on any atom is -0.273 e. The van der Waals surface area contributed by atoms with Gasteiger partial charge in [-0.2, -0.15) is 5.10 Å². The lowest BCUT2D eigenvalue weighted by molar-refractivity contribution is 0.636. The highest BCUT2D eigenvalue weighted by Crippen LogP contribution is 2.31. The molecule has 18 heavy (non-hydrogen) atoms. The van der Waals surface area contributed by atoms with Crippen LogP contribution in [-0.2, 0) is 0 Å². The Morgan fingerprint density at radius 2 is 1.94 bits per heavy atom. The number of hydrogen-bond acceptors (Lipinski definition) is 2. The van der Waals surface area contributed by atoms with Crippen LogP contribution in [0.15, 0.2) is 41.8 Å². The SMILES string of the molecule is Fc1c(-c2ccc(Cl)cc2)n[nH]c1-c1cccs1. The molecule has 5 heteroatoms. The van der Waals surface area contributed by atoms with Gasteiger partial charge in [-0.05, 0) is 23.6 Å². The van der Waals surface area contributed by atoms with Gasteiger partial charge >= 0.3 is 0 Å². The summed E-state index contributed by atoms with van der Waals surface area (Å²) in [5.74, 6) is -0.334. The van der Waals surface area contributed by atoms with E-state index < -0.39 is 0 Å². The first-order chi connectivity index (χ1) is 8.75. The van der Waals surface area contributed by atoms with Crippen molar-refractivity contribution in [3.05, 3.63) is 52.6 Å². The van der Waals surface area contributed by atoms with Crippen LogP contribution in [0.3, 0.4) is 0 Å². The molecule has 0 atom stereocenters. The van der Waals surface area contributed by atoms with E-state index in [4.69, 9.17) is 11.6 Å². The van der Waals surface area contributed by atoms with Crippen molar-refractivity contribution in [2.45, 2.75) is 0 Å². The second-order valence-corrected chi connectivity index (χ2v) is 5.13. The van der Waals surface area contributed by atoms with Gasteiger partial charge in [0.05, 0.1) is 4.88 Å². The fourth-order valence-electron chi connectivity index (χ4n) is 1.71. The Kier molecular flexibility index (Phi) is 2.89. The second-order valence-electron chi connectivity index (χ2n) is 3.75. The molecule has 0 saturated carbocycles. The number of halogens is 2. The van der Waals surface area contributed by atoms with Crippen molar-refractivity contribution < 1.29 is 4.39 Å². The fourth-order valence-corrected chi connectivity index (χ4v) is 2.55. The maximum absolute atomic E-state index is 14.3. The van der Waals surface area contributed by atoms with Crippen molar-refractivity contribution in [2.75, 3.05) is 0 Å². The van der Waals surface area contributed by atoms with Crippen LogP contribution >= 0.6 is 22.9 Å². The summed E-state index contributed by atoms with van der Waals surface area (Å²) in [7, 11) is 0. The van der Waals surface area contributed by atoms with E-state index in [9.17, 15) is 4.39 Å². The largest absolute Gasteiger partial charge is 0.273 e. The van der Waals surface area contributed by atoms with Gasteiger partial charge in [0.15, 0.2) is 5.82 Å². The molecule has 2 aromatic heterocycles. The van der Waals surface area contributed by atoms with E-state index in [0.29, 0.717) is 22.0 Å². The molecule has 0 spiro atoms. The Morgan fingerprint density at radius 1 is 1.17 bits per heavy atom. The molecule has 0 radical (unpaired) electrons. The molecule has 2 heterocycles. The van der Waals surface area contributed by atoms with E-state index in [0.717, 1.165) is 4.88 Å². The van der Waals surface area contributed by atoms with Gasteiger partial charge in [0.2, 0.25) is 0 Å². The first-order valence-corrected chi connectivity index (χ1v) is 6.55. The first-order valence-electron chi connectivity index (χ1n) is 5.29. The predicted molar refractivity (Wildman–Crippen MR) is 72.3 cm³/mol. The van der Waals surface area contributed by atoms with Crippen LogP contribution in [0.25, 0.3) is 21.8 Å². The van der Waals surface area contributed by atoms with Crippen molar-refractivity contribution >= 4 is 22.9 Å². The highest BCUT2D eigenvalue weighted by Gasteiger charge is 2.16. The second kappa shape index (κ2) is 4.55. The zero-order chi connectivity index (χ0) is 12.5. The maximum atomic E-state index is 14.3. The summed E-state index contributed by atoms with van der Waals surface area (Å²) in [6.45, 7) is 0. The highest BCUT2D eigenvalue weighted by molar-refractivity contribution is 7.13. The Balaban J connectivity index is 2.07. The molecule has 0 saturated heterocycles. The number of benzene rings is 1. The Bertz CT molecular complexity index is 659. The average Bonchev–Trinajstić information content (AvgIpc) is 2.99. The van der Waals surface area contributed by atoms with Gasteiger partial charge in [0.1, 0.15) is 11.4 Å². The number of thiophene rings is 1. The van der Waals surface area contributed by atoms with Crippen molar-refractivity contribution in [2.24, 2.45) is 0 Å². The average molecular weight is 279 g/mol. The molecule has 2 nitrogen and oxygen atoms in total. The highest BCUT2D eigenvalue weighted by atomic mass is 35.5. The van der Waals surface area contributed by atoms with Gasteiger partial charge in [-0.25, -0.2) is 4.39 Å². The Labute approximate surface area is 112 Å². The molecule has 3 aromatic rings. The molecule has 3 rings (SSSR count). The molecule has 0 fully saturated rings. The topological polar surface area (TPSA) is 28.7 Å². The van der Waals surface area contributed by atoms with Crippen molar-refractivity contribution in [1.29, 1.82) is 0 Å². The summed E-state index contributed by atoms with van der Waals surface area (Å²) in [4.78, 5) is 0.834. The zero-order valence-corrected chi connectivity index (χ0v) is 10.7. The molecule has 0 aliphatic rings. The zero-order valence-electron chi connectivity index (χ0n) is 9.15. The standard InChI is InChI=1S/C13H8ClFN2S/c14-9-5-3-8(4-6-9)12-11(15)13(17-16-12)10-2-1-7-18-10/h1-7H,(H,16,17). The lowest BCUT2D eigenvalue weighted by Crippen LogP contribution is -1.81. The number of hydrogen-bond donors (Lipinski definition) is 1. The molecule has 1 N–H and O–H groups in total. The van der Waals surface area contributed by atoms with Crippen molar-refractivity contribution in [3.63, 3.8) is 0 Å². The molecule has 0 aliphatic carbocycles. The molecule has 1 aromatic carbocycles. The summed E-state index contributed by atoms with van der Waals surface area (Å²) in [6.07, 6.45) is 0. The van der Waals surface area contributed by atoms with Crippen LogP contribution in [0, 0.1) is 5.82 Å². The summed E-state index contributed by atoms with van der Waals surface area (Å²) in [5, 5.41) is 9.30. The number of aromatic amines is 1. The number of aromatic nitrogens is 2. The third-order valence-electron chi connectivity index (χ3n) is 2.59. The van der Waals surface area contributed by atoms with Crippen LogP contribution in [-0.4, -0.2) is 10.2 Å². The lowest BCUT2D eigenvalue weighted by atomic mass is 10.1. The van der Waals surface area contributed by atoms with E-state index in [2.05, 4.69) is 10.2 Å². The van der Waals surface area contributed by atoms with Crippen LogP contribution in [0.2, 0.25) is 5.02 Å². The number of nitrogens with zero attached hydrogens (tertiary/aromatic N) is 1. The van der Waals surface area contributed by atoms with Gasteiger partial charge in [-0.3, -0.25) is 5.10 Å². The van der Waals surface area contributed by atoms with E-state index >= 15 is 0 Å². The normalized spacial score (nSPS) is 10.8. The predicted octanol–water partition coefficient (Wildman–Crippen LogP) is 4.60. The maximum Gasteiger partial charge on any atom is 0.177 e. The molecule has 0 aliphatic heterocycles. The van der Waals surface area contributed by atoms with Crippen LogP contribution in [0.1, 0.15) is 0 Å². The summed E-state index contributed by atoms with van der Waals surface area (Å²) >= 11 is 7.27. The summed E-state index contributed by atoms with van der Waals surface area (Å²) < 4.78 is 14.3. The van der Waals surface area contributed by atoms with Crippen molar-refractivity contribution in [3.8, 4) is 21.8 Å². The van der Waals surface area contributed by atoms with Gasteiger partial charge in [0.25, 0.3) is 0 Å². The molecular formula is C13H8ClFN2S. The van der Waals surface area contributed by atoms with Crippen LogP contribution < -0.4 is 0 Å². The molecule has 0 amide bonds. The minimum atomic E-state index is -0.334. The smallest absolute Gasteiger partial charge is 0.177 e. The van der Waals surface area contributed by atoms with E-state index in [-0.39, 0.29) is 5.82 Å². The van der Waals surface area contributed by atoms with Gasteiger partial charge < -0.3 is 0 Å². The van der Waals surface area contributed by atoms with Gasteiger partial charge in [0, 0.05) is 10.6 Å². The molecule has 0 bridgehead atoms. The lowest BCUT2D eigenvalue weighted by Gasteiger charge is -1.97. The fraction of sp³-hybridized carbons (Fsp3) is 0. The van der Waals surface area contributed by atoms with E-state index in [1.54, 1.807) is 24.3 Å². The molecular weight excluding hydrogens is 271 g/mol. The molecule has 90 valence electrons. The Morgan fingerprint density at radius 3 is 2.61 bits per heavy atom. The Hall–Kier alpha value is -1.65. The van der Waals surface area contributed by atoms with Crippen LogP contribution in [0.5, 0.6) is 0 Å². The number of nitrogens with one attached hydrogen (secondary N) is 1.